The van der Waals surface area contributed by atoms with E-state index in [4.69, 9.17) is 5.73 Å². The SMILES string of the molecule is CC(C)CC(C)(CN)N(C)C(C)C1CC1. The minimum atomic E-state index is 0.177. The zero-order valence-corrected chi connectivity index (χ0v) is 11.1. The highest BCUT2D eigenvalue weighted by molar-refractivity contribution is 4.94. The van der Waals surface area contributed by atoms with Gasteiger partial charge in [-0.1, -0.05) is 13.8 Å². The molecule has 2 N–H and O–H groups in total. The van der Waals surface area contributed by atoms with Gasteiger partial charge in [-0.15, -0.1) is 0 Å². The van der Waals surface area contributed by atoms with E-state index in [2.05, 4.69) is 39.6 Å². The third-order valence-electron chi connectivity index (χ3n) is 4.05. The van der Waals surface area contributed by atoms with Crippen molar-refractivity contribution in [1.29, 1.82) is 0 Å². The maximum Gasteiger partial charge on any atom is 0.0305 e. The summed E-state index contributed by atoms with van der Waals surface area (Å²) in [6.45, 7) is 9.99. The highest BCUT2D eigenvalue weighted by Crippen LogP contribution is 2.37. The molecular formula is C13H28N2. The minimum Gasteiger partial charge on any atom is -0.329 e. The average molecular weight is 212 g/mol. The van der Waals surface area contributed by atoms with E-state index in [1.54, 1.807) is 0 Å². The van der Waals surface area contributed by atoms with E-state index in [1.807, 2.05) is 0 Å². The lowest BCUT2D eigenvalue weighted by Gasteiger charge is -2.43. The highest BCUT2D eigenvalue weighted by atomic mass is 15.2. The van der Waals surface area contributed by atoms with Crippen molar-refractivity contribution < 1.29 is 0 Å². The fourth-order valence-electron chi connectivity index (χ4n) is 2.64. The Kier molecular flexibility index (Phi) is 4.19. The molecule has 0 spiro atoms. The van der Waals surface area contributed by atoms with Crippen molar-refractivity contribution in [2.75, 3.05) is 13.6 Å². The van der Waals surface area contributed by atoms with E-state index in [0.717, 1.165) is 12.5 Å². The smallest absolute Gasteiger partial charge is 0.0305 e. The van der Waals surface area contributed by atoms with Crippen molar-refractivity contribution in [3.05, 3.63) is 0 Å². The molecule has 2 atom stereocenters. The molecule has 1 aliphatic carbocycles. The number of hydrogen-bond acceptors (Lipinski definition) is 2. The van der Waals surface area contributed by atoms with Crippen LogP contribution in [0.15, 0.2) is 0 Å². The van der Waals surface area contributed by atoms with Crippen LogP contribution in [0.3, 0.4) is 0 Å². The first-order valence-corrected chi connectivity index (χ1v) is 6.33. The Hall–Kier alpha value is -0.0800. The largest absolute Gasteiger partial charge is 0.329 e. The van der Waals surface area contributed by atoms with Gasteiger partial charge in [-0.25, -0.2) is 0 Å². The fraction of sp³-hybridized carbons (Fsp3) is 1.00. The van der Waals surface area contributed by atoms with Crippen LogP contribution in [0, 0.1) is 11.8 Å². The summed E-state index contributed by atoms with van der Waals surface area (Å²) >= 11 is 0. The van der Waals surface area contributed by atoms with Crippen LogP contribution in [-0.2, 0) is 0 Å². The molecule has 2 heteroatoms. The summed E-state index contributed by atoms with van der Waals surface area (Å²) in [5, 5.41) is 0. The Labute approximate surface area is 95.2 Å². The summed E-state index contributed by atoms with van der Waals surface area (Å²) in [6, 6.07) is 0.692. The molecule has 1 rings (SSSR count). The molecule has 90 valence electrons. The Morgan fingerprint density at radius 2 is 1.87 bits per heavy atom. The number of hydrogen-bond donors (Lipinski definition) is 1. The number of likely N-dealkylation sites (N-methyl/N-ethyl adjacent to an activating group) is 1. The fourth-order valence-corrected chi connectivity index (χ4v) is 2.64. The van der Waals surface area contributed by atoms with Gasteiger partial charge in [0.05, 0.1) is 0 Å². The van der Waals surface area contributed by atoms with Crippen LogP contribution >= 0.6 is 0 Å². The van der Waals surface area contributed by atoms with Crippen molar-refractivity contribution in [2.24, 2.45) is 17.6 Å². The second-order valence-corrected chi connectivity index (χ2v) is 5.99. The van der Waals surface area contributed by atoms with E-state index in [-0.39, 0.29) is 5.54 Å². The van der Waals surface area contributed by atoms with Gasteiger partial charge in [0, 0.05) is 18.1 Å². The van der Waals surface area contributed by atoms with Crippen LogP contribution in [0.2, 0.25) is 0 Å². The van der Waals surface area contributed by atoms with Crippen molar-refractivity contribution in [1.82, 2.24) is 4.90 Å². The summed E-state index contributed by atoms with van der Waals surface area (Å²) in [6.07, 6.45) is 4.01. The summed E-state index contributed by atoms with van der Waals surface area (Å²) in [5.74, 6) is 1.64. The zero-order chi connectivity index (χ0) is 11.6. The Bertz CT molecular complexity index is 199. The molecule has 0 saturated heterocycles. The monoisotopic (exact) mass is 212 g/mol. The summed E-state index contributed by atoms with van der Waals surface area (Å²) in [7, 11) is 2.25. The third kappa shape index (κ3) is 3.18. The van der Waals surface area contributed by atoms with Crippen molar-refractivity contribution in [2.45, 2.75) is 58.5 Å². The van der Waals surface area contributed by atoms with Crippen LogP contribution in [0.5, 0.6) is 0 Å². The summed E-state index contributed by atoms with van der Waals surface area (Å²) in [4.78, 5) is 2.52. The summed E-state index contributed by atoms with van der Waals surface area (Å²) in [5.41, 5.74) is 6.15. The quantitative estimate of drug-likeness (QED) is 0.733. The van der Waals surface area contributed by atoms with E-state index in [1.165, 1.54) is 19.3 Å². The van der Waals surface area contributed by atoms with Gasteiger partial charge in [0.25, 0.3) is 0 Å². The standard InChI is InChI=1S/C13H28N2/c1-10(2)8-13(4,9-14)15(5)11(3)12-6-7-12/h10-12H,6-9,14H2,1-5H3. The van der Waals surface area contributed by atoms with Gasteiger partial charge >= 0.3 is 0 Å². The first-order chi connectivity index (χ1) is 6.90. The Balaban J connectivity index is 2.61. The number of nitrogens with zero attached hydrogens (tertiary/aromatic N) is 1. The number of nitrogens with two attached hydrogens (primary N) is 1. The van der Waals surface area contributed by atoms with Crippen molar-refractivity contribution >= 4 is 0 Å². The van der Waals surface area contributed by atoms with E-state index in [9.17, 15) is 0 Å². The molecule has 2 nitrogen and oxygen atoms in total. The van der Waals surface area contributed by atoms with Crippen LogP contribution in [0.25, 0.3) is 0 Å². The molecule has 0 aromatic carbocycles. The number of rotatable bonds is 6. The Morgan fingerprint density at radius 3 is 2.20 bits per heavy atom. The molecule has 0 radical (unpaired) electrons. The topological polar surface area (TPSA) is 29.3 Å². The molecular weight excluding hydrogens is 184 g/mol. The molecule has 1 fully saturated rings. The van der Waals surface area contributed by atoms with Gasteiger partial charge in [-0.3, -0.25) is 4.90 Å². The molecule has 0 aliphatic heterocycles. The molecule has 1 saturated carbocycles. The predicted molar refractivity (Wildman–Crippen MR) is 66.9 cm³/mol. The van der Waals surface area contributed by atoms with Crippen LogP contribution < -0.4 is 5.73 Å². The predicted octanol–water partition coefficient (Wildman–Crippen LogP) is 2.48. The zero-order valence-electron chi connectivity index (χ0n) is 11.1. The van der Waals surface area contributed by atoms with Gasteiger partial charge < -0.3 is 5.73 Å². The molecule has 0 aromatic rings. The first-order valence-electron chi connectivity index (χ1n) is 6.33. The molecule has 15 heavy (non-hydrogen) atoms. The van der Waals surface area contributed by atoms with Gasteiger partial charge in [0.15, 0.2) is 0 Å². The van der Waals surface area contributed by atoms with Crippen LogP contribution in [0.1, 0.15) is 47.0 Å². The molecule has 2 unspecified atom stereocenters. The van der Waals surface area contributed by atoms with E-state index >= 15 is 0 Å². The van der Waals surface area contributed by atoms with Crippen molar-refractivity contribution in [3.63, 3.8) is 0 Å². The maximum absolute atomic E-state index is 5.97. The second-order valence-electron chi connectivity index (χ2n) is 5.99. The van der Waals surface area contributed by atoms with Gasteiger partial charge in [0.2, 0.25) is 0 Å². The normalized spacial score (nSPS) is 23.2. The molecule has 0 aromatic heterocycles. The van der Waals surface area contributed by atoms with E-state index < -0.39 is 0 Å². The lowest BCUT2D eigenvalue weighted by molar-refractivity contribution is 0.0706. The average Bonchev–Trinajstić information content (AvgIpc) is 2.97. The first kappa shape index (κ1) is 13.0. The maximum atomic E-state index is 5.97. The highest BCUT2D eigenvalue weighted by Gasteiger charge is 2.38. The summed E-state index contributed by atoms with van der Waals surface area (Å²) < 4.78 is 0. The molecule has 0 bridgehead atoms. The lowest BCUT2D eigenvalue weighted by atomic mass is 9.88. The van der Waals surface area contributed by atoms with Crippen LogP contribution in [0.4, 0.5) is 0 Å². The third-order valence-corrected chi connectivity index (χ3v) is 4.05. The molecule has 1 aliphatic rings. The van der Waals surface area contributed by atoms with Crippen molar-refractivity contribution in [3.8, 4) is 0 Å². The lowest BCUT2D eigenvalue weighted by Crippen LogP contribution is -2.54. The van der Waals surface area contributed by atoms with Gasteiger partial charge in [0.1, 0.15) is 0 Å². The van der Waals surface area contributed by atoms with Crippen LogP contribution in [-0.4, -0.2) is 30.1 Å². The second kappa shape index (κ2) is 4.84. The minimum absolute atomic E-state index is 0.177. The molecule has 0 amide bonds. The van der Waals surface area contributed by atoms with E-state index in [0.29, 0.717) is 12.0 Å². The molecule has 0 heterocycles. The Morgan fingerprint density at radius 1 is 1.33 bits per heavy atom. The van der Waals surface area contributed by atoms with Gasteiger partial charge in [-0.05, 0) is 52.0 Å². The van der Waals surface area contributed by atoms with Gasteiger partial charge in [-0.2, -0.15) is 0 Å².